The fraction of sp³-hybridized carbons (Fsp3) is 0.706. The molecule has 3 heteroatoms. The number of nitrogens with zero attached hydrogens (tertiary/aromatic N) is 2. The zero-order chi connectivity index (χ0) is 13.6. The van der Waals surface area contributed by atoms with E-state index in [0.29, 0.717) is 6.04 Å². The lowest BCUT2D eigenvalue weighted by atomic mass is 9.97. The molecule has 110 valence electrons. The van der Waals surface area contributed by atoms with E-state index in [-0.39, 0.29) is 0 Å². The first-order valence-corrected chi connectivity index (χ1v) is 8.28. The van der Waals surface area contributed by atoms with Gasteiger partial charge in [-0.25, -0.2) is 0 Å². The summed E-state index contributed by atoms with van der Waals surface area (Å²) in [5.41, 5.74) is 1.42. The summed E-state index contributed by atoms with van der Waals surface area (Å²) in [4.78, 5) is 6.86. The van der Waals surface area contributed by atoms with Gasteiger partial charge in [-0.3, -0.25) is 9.88 Å². The van der Waals surface area contributed by atoms with Crippen LogP contribution in [0.15, 0.2) is 24.5 Å². The summed E-state index contributed by atoms with van der Waals surface area (Å²) in [5.74, 6) is 0.917. The van der Waals surface area contributed by atoms with E-state index in [1.165, 1.54) is 57.2 Å². The molecule has 0 aromatic carbocycles. The molecule has 0 bridgehead atoms. The Labute approximate surface area is 122 Å². The zero-order valence-corrected chi connectivity index (χ0v) is 12.4. The lowest BCUT2D eigenvalue weighted by Crippen LogP contribution is -2.47. The van der Waals surface area contributed by atoms with Crippen molar-refractivity contribution in [2.75, 3.05) is 26.2 Å². The molecule has 1 aromatic rings. The third kappa shape index (κ3) is 3.58. The average molecular weight is 273 g/mol. The highest BCUT2D eigenvalue weighted by Gasteiger charge is 2.26. The van der Waals surface area contributed by atoms with Crippen molar-refractivity contribution in [1.29, 1.82) is 0 Å². The summed E-state index contributed by atoms with van der Waals surface area (Å²) in [6, 6.07) is 4.89. The smallest absolute Gasteiger partial charge is 0.0474 e. The number of hydrogen-bond donors (Lipinski definition) is 1. The highest BCUT2D eigenvalue weighted by Crippen LogP contribution is 2.28. The van der Waals surface area contributed by atoms with Crippen molar-refractivity contribution < 1.29 is 0 Å². The van der Waals surface area contributed by atoms with E-state index in [4.69, 9.17) is 0 Å². The molecule has 1 atom stereocenters. The maximum absolute atomic E-state index is 4.15. The van der Waals surface area contributed by atoms with Gasteiger partial charge in [0.15, 0.2) is 0 Å². The molecule has 1 unspecified atom stereocenters. The van der Waals surface area contributed by atoms with Gasteiger partial charge in [0, 0.05) is 44.6 Å². The van der Waals surface area contributed by atoms with Crippen molar-refractivity contribution in [2.24, 2.45) is 5.92 Å². The topological polar surface area (TPSA) is 28.2 Å². The normalized spacial score (nSPS) is 26.3. The van der Waals surface area contributed by atoms with Crippen LogP contribution in [-0.2, 0) is 0 Å². The van der Waals surface area contributed by atoms with Crippen LogP contribution in [0.1, 0.15) is 50.1 Å². The van der Waals surface area contributed by atoms with Gasteiger partial charge in [0.05, 0.1) is 0 Å². The van der Waals surface area contributed by atoms with Crippen LogP contribution in [-0.4, -0.2) is 36.1 Å². The molecule has 1 aliphatic carbocycles. The highest BCUT2D eigenvalue weighted by molar-refractivity contribution is 5.16. The summed E-state index contributed by atoms with van der Waals surface area (Å²) >= 11 is 0. The first kappa shape index (κ1) is 14.0. The van der Waals surface area contributed by atoms with Gasteiger partial charge in [0.2, 0.25) is 0 Å². The Morgan fingerprint density at radius 1 is 1.10 bits per heavy atom. The van der Waals surface area contributed by atoms with E-state index in [9.17, 15) is 0 Å². The third-order valence-corrected chi connectivity index (χ3v) is 4.91. The van der Waals surface area contributed by atoms with Crippen molar-refractivity contribution in [3.63, 3.8) is 0 Å². The number of nitrogens with one attached hydrogen (secondary N) is 1. The summed E-state index contributed by atoms with van der Waals surface area (Å²) in [6.45, 7) is 4.68. The van der Waals surface area contributed by atoms with Crippen LogP contribution in [0.3, 0.4) is 0 Å². The molecule has 0 amide bonds. The minimum atomic E-state index is 0.537. The molecule has 0 spiro atoms. The van der Waals surface area contributed by atoms with E-state index in [0.717, 1.165) is 19.0 Å². The van der Waals surface area contributed by atoms with Crippen LogP contribution in [0.4, 0.5) is 0 Å². The summed E-state index contributed by atoms with van der Waals surface area (Å²) in [5, 5.41) is 3.55. The van der Waals surface area contributed by atoms with Gasteiger partial charge in [-0.2, -0.15) is 0 Å². The summed E-state index contributed by atoms with van der Waals surface area (Å²) in [6.07, 6.45) is 12.5. The lowest BCUT2D eigenvalue weighted by molar-refractivity contribution is 0.131. The Morgan fingerprint density at radius 2 is 1.85 bits per heavy atom. The van der Waals surface area contributed by atoms with Crippen LogP contribution in [0.25, 0.3) is 0 Å². The average Bonchev–Trinajstić information content (AvgIpc) is 2.77. The first-order chi connectivity index (χ1) is 9.93. The van der Waals surface area contributed by atoms with Crippen molar-refractivity contribution >= 4 is 0 Å². The monoisotopic (exact) mass is 273 g/mol. The molecule has 1 N–H and O–H groups in total. The molecule has 1 saturated carbocycles. The SMILES string of the molecule is c1cc(C2CNCCN2CC2CCCCCC2)ccn1. The second kappa shape index (κ2) is 7.19. The van der Waals surface area contributed by atoms with Gasteiger partial charge in [-0.1, -0.05) is 25.7 Å². The fourth-order valence-electron chi connectivity index (χ4n) is 3.76. The largest absolute Gasteiger partial charge is 0.314 e. The second-order valence-corrected chi connectivity index (χ2v) is 6.35. The van der Waals surface area contributed by atoms with E-state index >= 15 is 0 Å². The van der Waals surface area contributed by atoms with E-state index in [2.05, 4.69) is 27.3 Å². The summed E-state index contributed by atoms with van der Waals surface area (Å²) in [7, 11) is 0. The molecule has 3 nitrogen and oxygen atoms in total. The minimum Gasteiger partial charge on any atom is -0.314 e. The van der Waals surface area contributed by atoms with Gasteiger partial charge in [0.25, 0.3) is 0 Å². The first-order valence-electron chi connectivity index (χ1n) is 8.28. The fourth-order valence-corrected chi connectivity index (χ4v) is 3.76. The Bertz CT molecular complexity index is 384. The molecule has 1 saturated heterocycles. The van der Waals surface area contributed by atoms with Crippen LogP contribution in [0, 0.1) is 5.92 Å². The Morgan fingerprint density at radius 3 is 2.60 bits per heavy atom. The molecule has 1 aliphatic heterocycles. The van der Waals surface area contributed by atoms with Crippen molar-refractivity contribution in [2.45, 2.75) is 44.6 Å². The van der Waals surface area contributed by atoms with Crippen LogP contribution in [0.5, 0.6) is 0 Å². The Hall–Kier alpha value is -0.930. The van der Waals surface area contributed by atoms with Crippen LogP contribution in [0.2, 0.25) is 0 Å². The van der Waals surface area contributed by atoms with Crippen LogP contribution >= 0.6 is 0 Å². The number of aromatic nitrogens is 1. The second-order valence-electron chi connectivity index (χ2n) is 6.35. The van der Waals surface area contributed by atoms with Crippen molar-refractivity contribution in [3.05, 3.63) is 30.1 Å². The minimum absolute atomic E-state index is 0.537. The Kier molecular flexibility index (Phi) is 5.04. The van der Waals surface area contributed by atoms with Crippen molar-refractivity contribution in [1.82, 2.24) is 15.2 Å². The number of piperazine rings is 1. The Balaban J connectivity index is 1.66. The van der Waals surface area contributed by atoms with Gasteiger partial charge in [-0.05, 0) is 36.5 Å². The molecule has 2 heterocycles. The third-order valence-electron chi connectivity index (χ3n) is 4.91. The van der Waals surface area contributed by atoms with Crippen LogP contribution < -0.4 is 5.32 Å². The molecule has 3 rings (SSSR count). The molecule has 2 aliphatic rings. The molecule has 20 heavy (non-hydrogen) atoms. The van der Waals surface area contributed by atoms with E-state index in [1.807, 2.05) is 12.4 Å². The molecule has 1 aromatic heterocycles. The molecular weight excluding hydrogens is 246 g/mol. The van der Waals surface area contributed by atoms with Gasteiger partial charge >= 0.3 is 0 Å². The van der Waals surface area contributed by atoms with E-state index in [1.54, 1.807) is 0 Å². The van der Waals surface area contributed by atoms with Gasteiger partial charge < -0.3 is 5.32 Å². The maximum Gasteiger partial charge on any atom is 0.0474 e. The molecule has 0 radical (unpaired) electrons. The zero-order valence-electron chi connectivity index (χ0n) is 12.4. The predicted molar refractivity (Wildman–Crippen MR) is 82.6 cm³/mol. The quantitative estimate of drug-likeness (QED) is 0.858. The molecular formula is C17H27N3. The van der Waals surface area contributed by atoms with Gasteiger partial charge in [-0.15, -0.1) is 0 Å². The standard InChI is InChI=1S/C17H27N3/c1-2-4-6-15(5-3-1)14-20-12-11-19-13-17(20)16-7-9-18-10-8-16/h7-10,15,17,19H,1-6,11-14H2. The van der Waals surface area contributed by atoms with Gasteiger partial charge in [0.1, 0.15) is 0 Å². The number of pyridine rings is 1. The lowest BCUT2D eigenvalue weighted by Gasteiger charge is -2.38. The van der Waals surface area contributed by atoms with E-state index < -0.39 is 0 Å². The highest BCUT2D eigenvalue weighted by atomic mass is 15.2. The summed E-state index contributed by atoms with van der Waals surface area (Å²) < 4.78 is 0. The molecule has 2 fully saturated rings. The number of rotatable bonds is 3. The number of hydrogen-bond acceptors (Lipinski definition) is 3. The maximum atomic E-state index is 4.15. The van der Waals surface area contributed by atoms with Crippen molar-refractivity contribution in [3.8, 4) is 0 Å². The predicted octanol–water partition coefficient (Wildman–Crippen LogP) is 3.00.